The molecule has 1 saturated heterocycles. The van der Waals surface area contributed by atoms with Crippen molar-refractivity contribution in [2.75, 3.05) is 57.0 Å². The highest BCUT2D eigenvalue weighted by Gasteiger charge is 2.17. The van der Waals surface area contributed by atoms with E-state index in [1.165, 1.54) is 0 Å². The largest absolute Gasteiger partial charge is 0.376 e. The molecule has 11 heteroatoms. The van der Waals surface area contributed by atoms with Gasteiger partial charge in [0.2, 0.25) is 5.91 Å². The quantitative estimate of drug-likeness (QED) is 0.316. The summed E-state index contributed by atoms with van der Waals surface area (Å²) >= 11 is 7.61. The standard InChI is InChI=1S/C24H28ClN7O2S/c1-31(2)20-6-3-16(24(34)28-14-23(33)32-9-7-26-8-10-32)11-19(20)29-15-27-13-22-30-18-5-4-17(25)12-21(18)35-22/h3-6,11-12,15,26H,7-10,13-14H2,1-2H3,(H,27,29)(H,28,34). The predicted molar refractivity (Wildman–Crippen MR) is 143 cm³/mol. The Bertz CT molecular complexity index is 1240. The van der Waals surface area contributed by atoms with Gasteiger partial charge in [0.05, 0.1) is 41.0 Å². The maximum absolute atomic E-state index is 12.7. The number of hydrogen-bond donors (Lipinski definition) is 3. The zero-order chi connectivity index (χ0) is 24.8. The third-order valence-electron chi connectivity index (χ3n) is 5.54. The third-order valence-corrected chi connectivity index (χ3v) is 6.78. The minimum absolute atomic E-state index is 0.0220. The first-order valence-corrected chi connectivity index (χ1v) is 12.5. The Morgan fingerprint density at radius 3 is 2.80 bits per heavy atom. The van der Waals surface area contributed by atoms with Crippen LogP contribution < -0.4 is 20.9 Å². The fraction of sp³-hybridized carbons (Fsp3) is 0.333. The summed E-state index contributed by atoms with van der Waals surface area (Å²) in [5, 5.41) is 10.7. The second-order valence-electron chi connectivity index (χ2n) is 8.27. The molecular formula is C24H28ClN7O2S. The molecule has 3 N–H and O–H groups in total. The highest BCUT2D eigenvalue weighted by molar-refractivity contribution is 7.18. The van der Waals surface area contributed by atoms with E-state index in [-0.39, 0.29) is 18.4 Å². The second kappa shape index (κ2) is 11.5. The van der Waals surface area contributed by atoms with E-state index in [9.17, 15) is 9.59 Å². The van der Waals surface area contributed by atoms with Crippen molar-refractivity contribution in [2.24, 2.45) is 4.99 Å². The number of carbonyl (C=O) groups is 2. The molecule has 0 atom stereocenters. The van der Waals surface area contributed by atoms with E-state index in [0.717, 1.165) is 39.7 Å². The number of nitrogens with zero attached hydrogens (tertiary/aromatic N) is 4. The van der Waals surface area contributed by atoms with Gasteiger partial charge >= 0.3 is 0 Å². The molecule has 0 saturated carbocycles. The van der Waals surface area contributed by atoms with Gasteiger partial charge < -0.3 is 25.8 Å². The number of rotatable bonds is 8. The van der Waals surface area contributed by atoms with Crippen LogP contribution in [-0.4, -0.2) is 74.9 Å². The number of amides is 2. The van der Waals surface area contributed by atoms with Crippen LogP contribution >= 0.6 is 22.9 Å². The van der Waals surface area contributed by atoms with E-state index in [1.807, 2.05) is 43.3 Å². The zero-order valence-corrected chi connectivity index (χ0v) is 21.2. The lowest BCUT2D eigenvalue weighted by Crippen LogP contribution is -2.49. The molecule has 0 radical (unpaired) electrons. The molecule has 9 nitrogen and oxygen atoms in total. The van der Waals surface area contributed by atoms with Crippen LogP contribution in [0.5, 0.6) is 0 Å². The first-order valence-electron chi connectivity index (χ1n) is 11.3. The highest BCUT2D eigenvalue weighted by atomic mass is 35.5. The van der Waals surface area contributed by atoms with Gasteiger partial charge in [0, 0.05) is 50.9 Å². The summed E-state index contributed by atoms with van der Waals surface area (Å²) in [6.45, 7) is 3.27. The van der Waals surface area contributed by atoms with E-state index in [1.54, 1.807) is 34.7 Å². The maximum Gasteiger partial charge on any atom is 0.251 e. The van der Waals surface area contributed by atoms with Gasteiger partial charge in [-0.2, -0.15) is 0 Å². The first-order chi connectivity index (χ1) is 16.9. The van der Waals surface area contributed by atoms with Gasteiger partial charge in [-0.25, -0.2) is 4.98 Å². The molecular weight excluding hydrogens is 486 g/mol. The molecule has 0 bridgehead atoms. The number of thiazole rings is 1. The second-order valence-corrected chi connectivity index (χ2v) is 9.83. The maximum atomic E-state index is 12.7. The molecule has 3 aromatic rings. The summed E-state index contributed by atoms with van der Waals surface area (Å²) in [4.78, 5) is 37.8. The number of nitrogens with one attached hydrogen (secondary N) is 3. The fourth-order valence-electron chi connectivity index (χ4n) is 3.72. The molecule has 2 heterocycles. The van der Waals surface area contributed by atoms with E-state index in [4.69, 9.17) is 11.6 Å². The number of benzene rings is 2. The van der Waals surface area contributed by atoms with Gasteiger partial charge in [0.25, 0.3) is 5.91 Å². The SMILES string of the molecule is CN(C)c1ccc(C(=O)NCC(=O)N2CCNCC2)cc1NC=NCc1nc2ccc(Cl)cc2s1. The van der Waals surface area contributed by atoms with Crippen LogP contribution in [0, 0.1) is 0 Å². The fourth-order valence-corrected chi connectivity index (χ4v) is 4.90. The van der Waals surface area contributed by atoms with E-state index in [0.29, 0.717) is 30.2 Å². The van der Waals surface area contributed by atoms with Gasteiger partial charge in [-0.15, -0.1) is 11.3 Å². The summed E-state index contributed by atoms with van der Waals surface area (Å²) in [6.07, 6.45) is 1.61. The van der Waals surface area contributed by atoms with Crippen molar-refractivity contribution in [3.8, 4) is 0 Å². The van der Waals surface area contributed by atoms with Crippen molar-refractivity contribution >= 4 is 62.7 Å². The molecule has 1 aliphatic heterocycles. The molecule has 4 rings (SSSR count). The van der Waals surface area contributed by atoms with E-state index >= 15 is 0 Å². The van der Waals surface area contributed by atoms with Crippen molar-refractivity contribution in [2.45, 2.75) is 6.54 Å². The monoisotopic (exact) mass is 513 g/mol. The Hall–Kier alpha value is -3.21. The minimum atomic E-state index is -0.299. The van der Waals surface area contributed by atoms with Crippen molar-refractivity contribution in [3.05, 3.63) is 52.0 Å². The van der Waals surface area contributed by atoms with Crippen LogP contribution in [0.25, 0.3) is 10.2 Å². The number of aliphatic imine (C=N–C) groups is 1. The molecule has 0 unspecified atom stereocenters. The highest BCUT2D eigenvalue weighted by Crippen LogP contribution is 2.27. The number of fused-ring (bicyclic) bond motifs is 1. The number of piperazine rings is 1. The number of aromatic nitrogens is 1. The van der Waals surface area contributed by atoms with Crippen LogP contribution in [0.4, 0.5) is 11.4 Å². The van der Waals surface area contributed by atoms with Crippen molar-refractivity contribution in [1.29, 1.82) is 0 Å². The van der Waals surface area contributed by atoms with Crippen LogP contribution in [0.1, 0.15) is 15.4 Å². The van der Waals surface area contributed by atoms with Crippen LogP contribution in [0.2, 0.25) is 5.02 Å². The Balaban J connectivity index is 1.38. The molecule has 0 spiro atoms. The van der Waals surface area contributed by atoms with E-state index in [2.05, 4.69) is 25.9 Å². The number of carbonyl (C=O) groups excluding carboxylic acids is 2. The molecule has 1 aromatic heterocycles. The summed E-state index contributed by atoms with van der Waals surface area (Å²) in [5.74, 6) is -0.376. The topological polar surface area (TPSA) is 102 Å². The summed E-state index contributed by atoms with van der Waals surface area (Å²) in [7, 11) is 3.85. The van der Waals surface area contributed by atoms with Crippen molar-refractivity contribution in [3.63, 3.8) is 0 Å². The molecule has 2 aromatic carbocycles. The Morgan fingerprint density at radius 1 is 1.23 bits per heavy atom. The normalized spacial score (nSPS) is 13.9. The molecule has 1 aliphatic rings. The van der Waals surface area contributed by atoms with Gasteiger partial charge in [-0.1, -0.05) is 11.6 Å². The zero-order valence-electron chi connectivity index (χ0n) is 19.7. The number of halogens is 1. The predicted octanol–water partition coefficient (Wildman–Crippen LogP) is 2.82. The van der Waals surface area contributed by atoms with Gasteiger partial charge in [-0.3, -0.25) is 14.6 Å². The molecule has 0 aliphatic carbocycles. The van der Waals surface area contributed by atoms with Crippen LogP contribution in [0.3, 0.4) is 0 Å². The molecule has 184 valence electrons. The number of anilines is 2. The van der Waals surface area contributed by atoms with Gasteiger partial charge in [-0.05, 0) is 36.4 Å². The minimum Gasteiger partial charge on any atom is -0.376 e. The Kier molecular flexibility index (Phi) is 8.17. The van der Waals surface area contributed by atoms with Crippen molar-refractivity contribution in [1.82, 2.24) is 20.5 Å². The lowest BCUT2D eigenvalue weighted by Gasteiger charge is -2.27. The molecule has 2 amide bonds. The van der Waals surface area contributed by atoms with E-state index < -0.39 is 0 Å². The Morgan fingerprint density at radius 2 is 2.03 bits per heavy atom. The third kappa shape index (κ3) is 6.47. The molecule has 35 heavy (non-hydrogen) atoms. The smallest absolute Gasteiger partial charge is 0.251 e. The summed E-state index contributed by atoms with van der Waals surface area (Å²) in [5.41, 5.74) is 3.00. The average Bonchev–Trinajstić information content (AvgIpc) is 3.27. The first kappa shape index (κ1) is 24.9. The van der Waals surface area contributed by atoms with Gasteiger partial charge in [0.1, 0.15) is 5.01 Å². The molecule has 1 fully saturated rings. The number of hydrogen-bond acceptors (Lipinski definition) is 7. The Labute approximate surface area is 213 Å². The van der Waals surface area contributed by atoms with Crippen LogP contribution in [0.15, 0.2) is 41.4 Å². The van der Waals surface area contributed by atoms with Crippen LogP contribution in [-0.2, 0) is 11.3 Å². The summed E-state index contributed by atoms with van der Waals surface area (Å²) < 4.78 is 1.03. The lowest BCUT2D eigenvalue weighted by atomic mass is 10.1. The van der Waals surface area contributed by atoms with Crippen molar-refractivity contribution < 1.29 is 9.59 Å². The lowest BCUT2D eigenvalue weighted by molar-refractivity contribution is -0.130. The summed E-state index contributed by atoms with van der Waals surface area (Å²) in [6, 6.07) is 11.0. The van der Waals surface area contributed by atoms with Gasteiger partial charge in [0.15, 0.2) is 0 Å². The average molecular weight is 514 g/mol.